The fourth-order valence-corrected chi connectivity index (χ4v) is 4.09. The van der Waals surface area contributed by atoms with E-state index in [0.29, 0.717) is 24.4 Å². The third kappa shape index (κ3) is 1.90. The zero-order chi connectivity index (χ0) is 14.3. The SMILES string of the molecule is CCC1(CC)CC(=O)N(c2nc3c(s2)CNCC3)C1=O. The van der Waals surface area contributed by atoms with E-state index in [1.807, 2.05) is 13.8 Å². The van der Waals surface area contributed by atoms with Crippen LogP contribution in [0.3, 0.4) is 0 Å². The van der Waals surface area contributed by atoms with Gasteiger partial charge in [-0.1, -0.05) is 25.2 Å². The average Bonchev–Trinajstić information content (AvgIpc) is 2.97. The summed E-state index contributed by atoms with van der Waals surface area (Å²) in [7, 11) is 0. The summed E-state index contributed by atoms with van der Waals surface area (Å²) in [5.41, 5.74) is 0.525. The molecule has 1 aromatic rings. The topological polar surface area (TPSA) is 62.3 Å². The van der Waals surface area contributed by atoms with Crippen molar-refractivity contribution in [2.24, 2.45) is 5.41 Å². The maximum atomic E-state index is 12.7. The lowest BCUT2D eigenvalue weighted by molar-refractivity contribution is -0.126. The molecule has 108 valence electrons. The molecule has 1 saturated heterocycles. The number of thiazole rings is 1. The van der Waals surface area contributed by atoms with Crippen LogP contribution in [-0.2, 0) is 22.6 Å². The maximum absolute atomic E-state index is 12.7. The van der Waals surface area contributed by atoms with Crippen molar-refractivity contribution in [1.29, 1.82) is 0 Å². The first kappa shape index (κ1) is 13.7. The Morgan fingerprint density at radius 1 is 1.35 bits per heavy atom. The highest BCUT2D eigenvalue weighted by Gasteiger charge is 2.50. The lowest BCUT2D eigenvalue weighted by Gasteiger charge is -2.22. The van der Waals surface area contributed by atoms with Crippen LogP contribution < -0.4 is 10.2 Å². The van der Waals surface area contributed by atoms with Crippen molar-refractivity contribution in [3.63, 3.8) is 0 Å². The van der Waals surface area contributed by atoms with E-state index < -0.39 is 5.41 Å². The third-order valence-electron chi connectivity index (χ3n) is 4.53. The summed E-state index contributed by atoms with van der Waals surface area (Å²) in [6.07, 6.45) is 2.60. The summed E-state index contributed by atoms with van der Waals surface area (Å²) in [4.78, 5) is 32.0. The molecule has 1 aromatic heterocycles. The van der Waals surface area contributed by atoms with Crippen LogP contribution in [-0.4, -0.2) is 23.3 Å². The van der Waals surface area contributed by atoms with E-state index in [1.165, 1.54) is 16.2 Å². The monoisotopic (exact) mass is 293 g/mol. The van der Waals surface area contributed by atoms with Gasteiger partial charge in [-0.05, 0) is 12.8 Å². The molecular weight excluding hydrogens is 274 g/mol. The van der Waals surface area contributed by atoms with Crippen molar-refractivity contribution in [2.75, 3.05) is 11.4 Å². The normalized spacial score (nSPS) is 21.4. The number of anilines is 1. The van der Waals surface area contributed by atoms with Crippen LogP contribution in [0.5, 0.6) is 0 Å². The Morgan fingerprint density at radius 3 is 2.70 bits per heavy atom. The number of fused-ring (bicyclic) bond motifs is 1. The molecule has 3 rings (SSSR count). The molecule has 0 unspecified atom stereocenters. The van der Waals surface area contributed by atoms with Crippen molar-refractivity contribution in [1.82, 2.24) is 10.3 Å². The van der Waals surface area contributed by atoms with E-state index in [4.69, 9.17) is 0 Å². The molecule has 20 heavy (non-hydrogen) atoms. The lowest BCUT2D eigenvalue weighted by atomic mass is 9.81. The number of amides is 2. The Kier molecular flexibility index (Phi) is 3.38. The molecule has 2 amide bonds. The molecule has 6 heteroatoms. The maximum Gasteiger partial charge on any atom is 0.242 e. The van der Waals surface area contributed by atoms with Crippen LogP contribution in [0.1, 0.15) is 43.7 Å². The third-order valence-corrected chi connectivity index (χ3v) is 5.61. The second-order valence-electron chi connectivity index (χ2n) is 5.49. The predicted molar refractivity (Wildman–Crippen MR) is 77.6 cm³/mol. The van der Waals surface area contributed by atoms with Gasteiger partial charge < -0.3 is 5.32 Å². The largest absolute Gasteiger partial charge is 0.311 e. The van der Waals surface area contributed by atoms with Crippen LogP contribution in [0.25, 0.3) is 0 Å². The van der Waals surface area contributed by atoms with E-state index >= 15 is 0 Å². The van der Waals surface area contributed by atoms with Gasteiger partial charge in [0, 0.05) is 30.8 Å². The molecule has 0 saturated carbocycles. The molecule has 0 radical (unpaired) electrons. The van der Waals surface area contributed by atoms with Crippen molar-refractivity contribution < 1.29 is 9.59 Å². The zero-order valence-electron chi connectivity index (χ0n) is 11.9. The van der Waals surface area contributed by atoms with Crippen molar-refractivity contribution in [3.05, 3.63) is 10.6 Å². The van der Waals surface area contributed by atoms with Crippen LogP contribution in [0, 0.1) is 5.41 Å². The summed E-state index contributed by atoms with van der Waals surface area (Å²) < 4.78 is 0. The Hall–Kier alpha value is -1.27. The summed E-state index contributed by atoms with van der Waals surface area (Å²) in [6.45, 7) is 5.66. The first-order valence-electron chi connectivity index (χ1n) is 7.18. The number of hydrogen-bond acceptors (Lipinski definition) is 5. The molecule has 0 atom stereocenters. The number of carbonyl (C=O) groups is 2. The molecule has 3 heterocycles. The standard InChI is InChI=1S/C14H19N3O2S/c1-3-14(4-2)7-11(18)17(12(14)19)13-16-9-5-6-15-8-10(9)20-13/h15H,3-8H2,1-2H3. The molecule has 1 N–H and O–H groups in total. The Morgan fingerprint density at radius 2 is 2.10 bits per heavy atom. The molecule has 0 spiro atoms. The molecular formula is C14H19N3O2S. The lowest BCUT2D eigenvalue weighted by Crippen LogP contribution is -2.35. The number of imide groups is 1. The van der Waals surface area contributed by atoms with Gasteiger partial charge in [0.2, 0.25) is 11.8 Å². The van der Waals surface area contributed by atoms with Gasteiger partial charge in [0.15, 0.2) is 5.13 Å². The predicted octanol–water partition coefficient (Wildman–Crippen LogP) is 1.86. The van der Waals surface area contributed by atoms with Gasteiger partial charge in [-0.3, -0.25) is 9.59 Å². The highest BCUT2D eigenvalue weighted by molar-refractivity contribution is 7.16. The van der Waals surface area contributed by atoms with Gasteiger partial charge >= 0.3 is 0 Å². The summed E-state index contributed by atoms with van der Waals surface area (Å²) >= 11 is 1.47. The van der Waals surface area contributed by atoms with Crippen LogP contribution >= 0.6 is 11.3 Å². The minimum Gasteiger partial charge on any atom is -0.311 e. The average molecular weight is 293 g/mol. The fraction of sp³-hybridized carbons (Fsp3) is 0.643. The van der Waals surface area contributed by atoms with Crippen molar-refractivity contribution >= 4 is 28.3 Å². The van der Waals surface area contributed by atoms with E-state index in [2.05, 4.69) is 10.3 Å². The summed E-state index contributed by atoms with van der Waals surface area (Å²) in [5.74, 6) is -0.163. The van der Waals surface area contributed by atoms with E-state index in [9.17, 15) is 9.59 Å². The minimum atomic E-state index is -0.512. The van der Waals surface area contributed by atoms with Crippen molar-refractivity contribution in [3.8, 4) is 0 Å². The number of hydrogen-bond donors (Lipinski definition) is 1. The zero-order valence-corrected chi connectivity index (χ0v) is 12.7. The first-order chi connectivity index (χ1) is 9.61. The first-order valence-corrected chi connectivity index (χ1v) is 7.99. The van der Waals surface area contributed by atoms with Crippen LogP contribution in [0.4, 0.5) is 5.13 Å². The highest BCUT2D eigenvalue weighted by Crippen LogP contribution is 2.42. The number of aromatic nitrogens is 1. The number of carbonyl (C=O) groups excluding carboxylic acids is 2. The molecule has 2 aliphatic heterocycles. The molecule has 0 bridgehead atoms. The quantitative estimate of drug-likeness (QED) is 0.864. The van der Waals surface area contributed by atoms with Crippen molar-refractivity contribution in [2.45, 2.75) is 46.1 Å². The van der Waals surface area contributed by atoms with Gasteiger partial charge in [0.25, 0.3) is 0 Å². The Bertz CT molecular complexity index is 539. The second-order valence-corrected chi connectivity index (χ2v) is 6.55. The fourth-order valence-electron chi connectivity index (χ4n) is 3.00. The van der Waals surface area contributed by atoms with Gasteiger partial charge in [-0.15, -0.1) is 0 Å². The molecule has 5 nitrogen and oxygen atoms in total. The molecule has 0 aliphatic carbocycles. The summed E-state index contributed by atoms with van der Waals surface area (Å²) in [6, 6.07) is 0. The summed E-state index contributed by atoms with van der Waals surface area (Å²) in [5, 5.41) is 3.86. The molecule has 2 aliphatic rings. The van der Waals surface area contributed by atoms with Gasteiger partial charge in [0.05, 0.1) is 11.1 Å². The van der Waals surface area contributed by atoms with E-state index in [-0.39, 0.29) is 11.8 Å². The van der Waals surface area contributed by atoms with E-state index in [1.54, 1.807) is 0 Å². The van der Waals surface area contributed by atoms with Gasteiger partial charge in [-0.2, -0.15) is 0 Å². The highest BCUT2D eigenvalue weighted by atomic mass is 32.1. The molecule has 1 fully saturated rings. The van der Waals surface area contributed by atoms with Crippen LogP contribution in [0.15, 0.2) is 0 Å². The number of nitrogens with zero attached hydrogens (tertiary/aromatic N) is 2. The smallest absolute Gasteiger partial charge is 0.242 e. The Balaban J connectivity index is 1.96. The van der Waals surface area contributed by atoms with Gasteiger partial charge in [0.1, 0.15) is 0 Å². The Labute approximate surface area is 122 Å². The van der Waals surface area contributed by atoms with Gasteiger partial charge in [-0.25, -0.2) is 9.88 Å². The second kappa shape index (κ2) is 4.93. The van der Waals surface area contributed by atoms with E-state index in [0.717, 1.165) is 30.1 Å². The molecule has 0 aromatic carbocycles. The van der Waals surface area contributed by atoms with Crippen LogP contribution in [0.2, 0.25) is 0 Å². The number of nitrogens with one attached hydrogen (secondary N) is 1. The minimum absolute atomic E-state index is 0.0634. The number of rotatable bonds is 3.